The number of aromatic nitrogens is 5. The molecule has 3 heterocycles. The molecule has 0 aliphatic carbocycles. The van der Waals surface area contributed by atoms with Crippen LogP contribution in [0.25, 0.3) is 23.1 Å². The summed E-state index contributed by atoms with van der Waals surface area (Å²) in [6.45, 7) is 5.93. The number of nitrogens with zero attached hydrogens (tertiary/aromatic N) is 5. The van der Waals surface area contributed by atoms with Crippen molar-refractivity contribution in [3.8, 4) is 23.1 Å². The molecule has 2 aromatic heterocycles. The minimum Gasteiger partial charge on any atom is -0.376 e. The monoisotopic (exact) mass is 428 g/mol. The summed E-state index contributed by atoms with van der Waals surface area (Å²) in [5.41, 5.74) is 2.00. The van der Waals surface area contributed by atoms with Gasteiger partial charge >= 0.3 is 0 Å². The van der Waals surface area contributed by atoms with E-state index in [1.807, 2.05) is 42.7 Å². The highest BCUT2D eigenvalue weighted by Crippen LogP contribution is 2.25. The van der Waals surface area contributed by atoms with Crippen LogP contribution in [0.4, 0.5) is 0 Å². The molecule has 1 aromatic carbocycles. The second kappa shape index (κ2) is 9.40. The van der Waals surface area contributed by atoms with E-state index in [4.69, 9.17) is 9.26 Å². The molecule has 158 valence electrons. The van der Waals surface area contributed by atoms with Crippen LogP contribution in [0.5, 0.6) is 0 Å². The molecular weight excluding hydrogens is 404 g/mol. The minimum absolute atomic E-state index is 0.0535. The topological polar surface area (TPSA) is 108 Å². The highest BCUT2D eigenvalue weighted by molar-refractivity contribution is 7.99. The standard InChI is InChI=1S/C20H24N6O3S/c1-3-26-18(19-22-17(25-29-19)14-7-4-6-13(2)10-14)23-24-20(26)30-12-16(27)21-11-15-8-5-9-28-15/h4,6-7,10,15H,3,5,8-9,11-12H2,1-2H3,(H,21,27). The van der Waals surface area contributed by atoms with Gasteiger partial charge in [0.15, 0.2) is 5.16 Å². The largest absolute Gasteiger partial charge is 0.376 e. The van der Waals surface area contributed by atoms with Crippen LogP contribution in [0.15, 0.2) is 33.9 Å². The van der Waals surface area contributed by atoms with Crippen LogP contribution < -0.4 is 5.32 Å². The molecule has 0 spiro atoms. The number of amides is 1. The molecule has 3 aromatic rings. The molecule has 1 amide bonds. The van der Waals surface area contributed by atoms with E-state index in [-0.39, 0.29) is 17.8 Å². The van der Waals surface area contributed by atoms with Crippen molar-refractivity contribution in [1.29, 1.82) is 0 Å². The molecule has 0 saturated carbocycles. The molecule has 30 heavy (non-hydrogen) atoms. The van der Waals surface area contributed by atoms with E-state index in [1.165, 1.54) is 11.8 Å². The van der Waals surface area contributed by atoms with E-state index < -0.39 is 0 Å². The predicted molar refractivity (Wildman–Crippen MR) is 112 cm³/mol. The molecule has 1 N–H and O–H groups in total. The first-order valence-corrected chi connectivity index (χ1v) is 11.0. The number of hydrogen-bond donors (Lipinski definition) is 1. The summed E-state index contributed by atoms with van der Waals surface area (Å²) >= 11 is 1.33. The van der Waals surface area contributed by atoms with E-state index in [0.29, 0.717) is 35.8 Å². The second-order valence-electron chi connectivity index (χ2n) is 7.07. The van der Waals surface area contributed by atoms with Crippen molar-refractivity contribution in [2.45, 2.75) is 44.5 Å². The summed E-state index contributed by atoms with van der Waals surface area (Å²) in [5, 5.41) is 16.0. The van der Waals surface area contributed by atoms with Crippen LogP contribution in [0.2, 0.25) is 0 Å². The van der Waals surface area contributed by atoms with E-state index in [2.05, 4.69) is 25.7 Å². The Morgan fingerprint density at radius 3 is 3.03 bits per heavy atom. The third kappa shape index (κ3) is 4.71. The maximum absolute atomic E-state index is 12.2. The van der Waals surface area contributed by atoms with Gasteiger partial charge in [-0.25, -0.2) is 0 Å². The van der Waals surface area contributed by atoms with Gasteiger partial charge in [-0.2, -0.15) is 4.98 Å². The first-order chi connectivity index (χ1) is 14.6. The Morgan fingerprint density at radius 2 is 2.27 bits per heavy atom. The Morgan fingerprint density at radius 1 is 1.37 bits per heavy atom. The van der Waals surface area contributed by atoms with Crippen LogP contribution in [0.3, 0.4) is 0 Å². The maximum Gasteiger partial charge on any atom is 0.296 e. The van der Waals surface area contributed by atoms with Crippen molar-refractivity contribution < 1.29 is 14.1 Å². The molecule has 1 unspecified atom stereocenters. The van der Waals surface area contributed by atoms with Gasteiger partial charge in [0.05, 0.1) is 11.9 Å². The average molecular weight is 429 g/mol. The lowest BCUT2D eigenvalue weighted by Crippen LogP contribution is -2.32. The zero-order valence-electron chi connectivity index (χ0n) is 17.0. The van der Waals surface area contributed by atoms with E-state index in [9.17, 15) is 4.79 Å². The molecular formula is C20H24N6O3S. The van der Waals surface area contributed by atoms with Crippen molar-refractivity contribution >= 4 is 17.7 Å². The highest BCUT2D eigenvalue weighted by atomic mass is 32.2. The lowest BCUT2D eigenvalue weighted by molar-refractivity contribution is -0.119. The summed E-state index contributed by atoms with van der Waals surface area (Å²) in [6.07, 6.45) is 2.18. The lowest BCUT2D eigenvalue weighted by atomic mass is 10.1. The Kier molecular flexibility index (Phi) is 6.44. The number of benzene rings is 1. The van der Waals surface area contributed by atoms with Crippen LogP contribution in [-0.4, -0.2) is 55.8 Å². The van der Waals surface area contributed by atoms with Crippen molar-refractivity contribution in [3.05, 3.63) is 29.8 Å². The van der Waals surface area contributed by atoms with Crippen molar-refractivity contribution in [2.24, 2.45) is 0 Å². The molecule has 1 saturated heterocycles. The zero-order chi connectivity index (χ0) is 20.9. The van der Waals surface area contributed by atoms with Gasteiger partial charge in [-0.15, -0.1) is 10.2 Å². The van der Waals surface area contributed by atoms with Crippen LogP contribution in [0.1, 0.15) is 25.3 Å². The molecule has 1 aliphatic rings. The summed E-state index contributed by atoms with van der Waals surface area (Å²) in [6, 6.07) is 7.89. The van der Waals surface area contributed by atoms with Crippen molar-refractivity contribution in [3.63, 3.8) is 0 Å². The van der Waals surface area contributed by atoms with Gasteiger partial charge in [0.25, 0.3) is 5.89 Å². The Hall–Kier alpha value is -2.72. The second-order valence-corrected chi connectivity index (χ2v) is 8.01. The summed E-state index contributed by atoms with van der Waals surface area (Å²) in [4.78, 5) is 16.6. The Balaban J connectivity index is 1.41. The number of hydrogen-bond acceptors (Lipinski definition) is 8. The molecule has 10 heteroatoms. The minimum atomic E-state index is -0.0535. The fraction of sp³-hybridized carbons (Fsp3) is 0.450. The fourth-order valence-corrected chi connectivity index (χ4v) is 4.10. The Bertz CT molecular complexity index is 1010. The van der Waals surface area contributed by atoms with Crippen LogP contribution in [0, 0.1) is 6.92 Å². The summed E-state index contributed by atoms with van der Waals surface area (Å²) in [5.74, 6) is 1.49. The number of carbonyl (C=O) groups is 1. The van der Waals surface area contributed by atoms with Gasteiger partial charge in [0.2, 0.25) is 17.6 Å². The number of nitrogens with one attached hydrogen (secondary N) is 1. The number of rotatable bonds is 8. The van der Waals surface area contributed by atoms with Gasteiger partial charge in [-0.3, -0.25) is 9.36 Å². The first kappa shape index (κ1) is 20.5. The number of thioether (sulfide) groups is 1. The number of aryl methyl sites for hydroxylation is 1. The summed E-state index contributed by atoms with van der Waals surface area (Å²) in [7, 11) is 0. The first-order valence-electron chi connectivity index (χ1n) is 9.99. The fourth-order valence-electron chi connectivity index (χ4n) is 3.27. The normalized spacial score (nSPS) is 16.1. The molecule has 1 atom stereocenters. The van der Waals surface area contributed by atoms with Crippen molar-refractivity contribution in [2.75, 3.05) is 18.9 Å². The van der Waals surface area contributed by atoms with E-state index >= 15 is 0 Å². The van der Waals surface area contributed by atoms with Gasteiger partial charge in [0, 0.05) is 25.3 Å². The molecule has 1 aliphatic heterocycles. The van der Waals surface area contributed by atoms with Crippen molar-refractivity contribution in [1.82, 2.24) is 30.2 Å². The molecule has 4 rings (SSSR count). The van der Waals surface area contributed by atoms with Gasteiger partial charge in [-0.1, -0.05) is 40.7 Å². The van der Waals surface area contributed by atoms with Gasteiger partial charge < -0.3 is 14.6 Å². The zero-order valence-corrected chi connectivity index (χ0v) is 17.8. The van der Waals surface area contributed by atoms with Gasteiger partial charge in [-0.05, 0) is 32.8 Å². The number of carbonyl (C=O) groups excluding carboxylic acids is 1. The average Bonchev–Trinajstić information content (AvgIpc) is 3.51. The number of ether oxygens (including phenoxy) is 1. The SMILES string of the molecule is CCn1c(SCC(=O)NCC2CCCO2)nnc1-c1nc(-c2cccc(C)c2)no1. The third-order valence-electron chi connectivity index (χ3n) is 4.81. The Labute approximate surface area is 178 Å². The van der Waals surface area contributed by atoms with Gasteiger partial charge in [0.1, 0.15) is 0 Å². The third-order valence-corrected chi connectivity index (χ3v) is 5.78. The molecule has 0 radical (unpaired) electrons. The van der Waals surface area contributed by atoms with Crippen LogP contribution >= 0.6 is 11.8 Å². The quantitative estimate of drug-likeness (QED) is 0.546. The predicted octanol–water partition coefficient (Wildman–Crippen LogP) is 2.71. The lowest BCUT2D eigenvalue weighted by Gasteiger charge is -2.10. The highest BCUT2D eigenvalue weighted by Gasteiger charge is 2.21. The molecule has 9 nitrogen and oxygen atoms in total. The molecule has 1 fully saturated rings. The van der Waals surface area contributed by atoms with E-state index in [0.717, 1.165) is 30.6 Å². The maximum atomic E-state index is 12.2. The smallest absolute Gasteiger partial charge is 0.296 e. The van der Waals surface area contributed by atoms with E-state index in [1.54, 1.807) is 0 Å². The summed E-state index contributed by atoms with van der Waals surface area (Å²) < 4.78 is 12.8. The molecule has 0 bridgehead atoms. The van der Waals surface area contributed by atoms with Crippen LogP contribution in [-0.2, 0) is 16.1 Å².